The summed E-state index contributed by atoms with van der Waals surface area (Å²) in [6, 6.07) is 9.92. The monoisotopic (exact) mass is 522 g/mol. The Kier molecular flexibility index (Phi) is 6.95. The number of amides is 2. The standard InChI is InChI=1S/C26H24F2N6O2S/c1-16(35)30-20-8-12-34(22-5-4-18(27)13-19(22)28)24(20)21-15-37-26(31-21)32-25(36)23-3-2-11-33(23)14-17-6-9-29-10-7-17/h2-7,9-11,13,15,20,24H,8,12,14H2,1H3,(H,30,35)(H,31,32,36)/t20-,24-/m1/s1. The molecule has 190 valence electrons. The maximum Gasteiger partial charge on any atom is 0.274 e. The van der Waals surface area contributed by atoms with Crippen LogP contribution in [0, 0.1) is 11.6 Å². The number of aromatic nitrogens is 3. The van der Waals surface area contributed by atoms with Gasteiger partial charge in [-0.25, -0.2) is 13.8 Å². The van der Waals surface area contributed by atoms with Crippen molar-refractivity contribution in [3.8, 4) is 0 Å². The summed E-state index contributed by atoms with van der Waals surface area (Å²) in [7, 11) is 0. The van der Waals surface area contributed by atoms with Crippen molar-refractivity contribution in [2.45, 2.75) is 32.0 Å². The quantitative estimate of drug-likeness (QED) is 0.376. The number of hydrogen-bond donors (Lipinski definition) is 2. The number of benzene rings is 1. The molecule has 0 aliphatic carbocycles. The van der Waals surface area contributed by atoms with E-state index in [1.165, 1.54) is 30.4 Å². The Bertz CT molecular complexity index is 1420. The van der Waals surface area contributed by atoms with Gasteiger partial charge >= 0.3 is 0 Å². The van der Waals surface area contributed by atoms with Crippen molar-refractivity contribution in [2.24, 2.45) is 0 Å². The fraction of sp³-hybridized carbons (Fsp3) is 0.231. The first-order valence-corrected chi connectivity index (χ1v) is 12.6. The molecule has 0 unspecified atom stereocenters. The summed E-state index contributed by atoms with van der Waals surface area (Å²) in [5.74, 6) is -1.88. The van der Waals surface area contributed by atoms with E-state index in [1.54, 1.807) is 34.8 Å². The Morgan fingerprint density at radius 3 is 2.73 bits per heavy atom. The maximum atomic E-state index is 14.7. The van der Waals surface area contributed by atoms with Crippen LogP contribution in [0.1, 0.15) is 41.1 Å². The zero-order chi connectivity index (χ0) is 25.9. The summed E-state index contributed by atoms with van der Waals surface area (Å²) in [6.45, 7) is 2.38. The van der Waals surface area contributed by atoms with Gasteiger partial charge in [0.2, 0.25) is 5.91 Å². The lowest BCUT2D eigenvalue weighted by Crippen LogP contribution is -2.39. The van der Waals surface area contributed by atoms with Gasteiger partial charge in [-0.2, -0.15) is 0 Å². The van der Waals surface area contributed by atoms with Gasteiger partial charge < -0.3 is 14.8 Å². The number of pyridine rings is 1. The molecule has 2 N–H and O–H groups in total. The van der Waals surface area contributed by atoms with Crippen molar-refractivity contribution < 1.29 is 18.4 Å². The molecule has 5 rings (SSSR count). The number of nitrogens with zero attached hydrogens (tertiary/aromatic N) is 4. The first-order chi connectivity index (χ1) is 17.9. The third kappa shape index (κ3) is 5.36. The lowest BCUT2D eigenvalue weighted by atomic mass is 10.1. The van der Waals surface area contributed by atoms with Crippen LogP contribution in [0.25, 0.3) is 0 Å². The van der Waals surface area contributed by atoms with Gasteiger partial charge in [-0.15, -0.1) is 11.3 Å². The number of nitrogens with one attached hydrogen (secondary N) is 2. The van der Waals surface area contributed by atoms with E-state index in [-0.39, 0.29) is 23.5 Å². The van der Waals surface area contributed by atoms with Crippen molar-refractivity contribution in [2.75, 3.05) is 16.8 Å². The van der Waals surface area contributed by atoms with Crippen LogP contribution in [0.3, 0.4) is 0 Å². The summed E-state index contributed by atoms with van der Waals surface area (Å²) < 4.78 is 30.0. The third-order valence-corrected chi connectivity index (χ3v) is 6.99. The number of hydrogen-bond acceptors (Lipinski definition) is 6. The zero-order valence-corrected chi connectivity index (χ0v) is 20.7. The van der Waals surface area contributed by atoms with Gasteiger partial charge in [0.05, 0.1) is 23.5 Å². The lowest BCUT2D eigenvalue weighted by Gasteiger charge is -2.29. The molecule has 3 aromatic heterocycles. The number of anilines is 2. The molecule has 2 atom stereocenters. The first kappa shape index (κ1) is 24.6. The highest BCUT2D eigenvalue weighted by atomic mass is 32.1. The highest BCUT2D eigenvalue weighted by Crippen LogP contribution is 2.39. The second-order valence-electron chi connectivity index (χ2n) is 8.74. The van der Waals surface area contributed by atoms with Gasteiger partial charge in [-0.3, -0.25) is 19.9 Å². The molecule has 0 spiro atoms. The number of carbonyl (C=O) groups excluding carboxylic acids is 2. The molecule has 1 fully saturated rings. The molecule has 37 heavy (non-hydrogen) atoms. The normalized spacial score (nSPS) is 17.1. The molecule has 1 aliphatic heterocycles. The Hall–Kier alpha value is -4.12. The van der Waals surface area contributed by atoms with E-state index < -0.39 is 17.7 Å². The van der Waals surface area contributed by atoms with Gasteiger partial charge in [0.25, 0.3) is 5.91 Å². The average Bonchev–Trinajstić information content (AvgIpc) is 3.60. The molecule has 1 aromatic carbocycles. The minimum Gasteiger partial charge on any atom is -0.358 e. The van der Waals surface area contributed by atoms with E-state index in [9.17, 15) is 18.4 Å². The molecular formula is C26H24F2N6O2S. The molecule has 1 saturated heterocycles. The van der Waals surface area contributed by atoms with E-state index in [0.717, 1.165) is 11.6 Å². The van der Waals surface area contributed by atoms with Crippen molar-refractivity contribution in [3.63, 3.8) is 0 Å². The Morgan fingerprint density at radius 2 is 1.97 bits per heavy atom. The van der Waals surface area contributed by atoms with Crippen LogP contribution >= 0.6 is 11.3 Å². The van der Waals surface area contributed by atoms with Crippen LogP contribution in [0.2, 0.25) is 0 Å². The van der Waals surface area contributed by atoms with Crippen LogP contribution in [0.15, 0.2) is 66.4 Å². The smallest absolute Gasteiger partial charge is 0.274 e. The van der Waals surface area contributed by atoms with Crippen molar-refractivity contribution >= 4 is 34.0 Å². The first-order valence-electron chi connectivity index (χ1n) is 11.7. The zero-order valence-electron chi connectivity index (χ0n) is 19.9. The van der Waals surface area contributed by atoms with Gasteiger partial charge in [0, 0.05) is 50.1 Å². The molecule has 0 bridgehead atoms. The molecule has 4 heterocycles. The van der Waals surface area contributed by atoms with Crippen LogP contribution in [-0.2, 0) is 11.3 Å². The summed E-state index contributed by atoms with van der Waals surface area (Å²) in [4.78, 5) is 35.3. The minimum atomic E-state index is -0.688. The van der Waals surface area contributed by atoms with Crippen molar-refractivity contribution in [1.29, 1.82) is 0 Å². The predicted molar refractivity (Wildman–Crippen MR) is 137 cm³/mol. The van der Waals surface area contributed by atoms with E-state index in [1.807, 2.05) is 22.9 Å². The SMILES string of the molecule is CC(=O)N[C@@H]1CCN(c2ccc(F)cc2F)[C@H]1c1csc(NC(=O)c2cccn2Cc2ccncc2)n1. The van der Waals surface area contributed by atoms with Crippen molar-refractivity contribution in [3.05, 3.63) is 95.0 Å². The van der Waals surface area contributed by atoms with E-state index in [4.69, 9.17) is 0 Å². The maximum absolute atomic E-state index is 14.7. The topological polar surface area (TPSA) is 92.2 Å². The average molecular weight is 523 g/mol. The molecular weight excluding hydrogens is 498 g/mol. The van der Waals surface area contributed by atoms with E-state index >= 15 is 0 Å². The molecule has 11 heteroatoms. The molecule has 0 radical (unpaired) electrons. The number of rotatable bonds is 7. The third-order valence-electron chi connectivity index (χ3n) is 6.22. The van der Waals surface area contributed by atoms with Crippen LogP contribution < -0.4 is 15.5 Å². The summed E-state index contributed by atoms with van der Waals surface area (Å²) in [5, 5.41) is 7.93. The van der Waals surface area contributed by atoms with Gasteiger partial charge in [0.15, 0.2) is 5.13 Å². The number of carbonyl (C=O) groups is 2. The highest BCUT2D eigenvalue weighted by Gasteiger charge is 2.38. The van der Waals surface area contributed by atoms with Crippen LogP contribution in [0.5, 0.6) is 0 Å². The molecule has 4 aromatic rings. The summed E-state index contributed by atoms with van der Waals surface area (Å²) in [5.41, 5.74) is 2.29. The van der Waals surface area contributed by atoms with Crippen LogP contribution in [-0.4, -0.2) is 38.9 Å². The van der Waals surface area contributed by atoms with Crippen LogP contribution in [0.4, 0.5) is 19.6 Å². The summed E-state index contributed by atoms with van der Waals surface area (Å²) >= 11 is 1.24. The number of halogens is 2. The second kappa shape index (κ2) is 10.5. The van der Waals surface area contributed by atoms with E-state index in [2.05, 4.69) is 20.6 Å². The van der Waals surface area contributed by atoms with Gasteiger partial charge in [0.1, 0.15) is 17.3 Å². The van der Waals surface area contributed by atoms with Crippen molar-refractivity contribution in [1.82, 2.24) is 19.9 Å². The Balaban J connectivity index is 1.37. The van der Waals surface area contributed by atoms with Gasteiger partial charge in [-0.05, 0) is 48.4 Å². The fourth-order valence-corrected chi connectivity index (χ4v) is 5.37. The lowest BCUT2D eigenvalue weighted by molar-refractivity contribution is -0.119. The van der Waals surface area contributed by atoms with E-state index in [0.29, 0.717) is 36.0 Å². The largest absolute Gasteiger partial charge is 0.358 e. The summed E-state index contributed by atoms with van der Waals surface area (Å²) in [6.07, 6.45) is 5.79. The Labute approximate surface area is 216 Å². The molecule has 8 nitrogen and oxygen atoms in total. The second-order valence-corrected chi connectivity index (χ2v) is 9.60. The minimum absolute atomic E-state index is 0.213. The Morgan fingerprint density at radius 1 is 1.16 bits per heavy atom. The molecule has 0 saturated carbocycles. The molecule has 1 aliphatic rings. The fourth-order valence-electron chi connectivity index (χ4n) is 4.64. The molecule has 2 amide bonds. The van der Waals surface area contributed by atoms with Gasteiger partial charge in [-0.1, -0.05) is 0 Å². The number of thiazole rings is 1. The highest BCUT2D eigenvalue weighted by molar-refractivity contribution is 7.14. The predicted octanol–water partition coefficient (Wildman–Crippen LogP) is 4.37.